The highest BCUT2D eigenvalue weighted by molar-refractivity contribution is 6.28. The predicted octanol–water partition coefficient (Wildman–Crippen LogP) is 3.12. The van der Waals surface area contributed by atoms with E-state index in [-0.39, 0.29) is 11.4 Å². The third-order valence-electron chi connectivity index (χ3n) is 3.15. The molecule has 1 heterocycles. The third-order valence-corrected chi connectivity index (χ3v) is 3.32. The molecule has 0 saturated heterocycles. The van der Waals surface area contributed by atoms with E-state index < -0.39 is 0 Å². The Kier molecular flexibility index (Phi) is 4.05. The summed E-state index contributed by atoms with van der Waals surface area (Å²) in [5.41, 5.74) is 7.07. The van der Waals surface area contributed by atoms with E-state index in [4.69, 9.17) is 22.1 Å². The van der Waals surface area contributed by atoms with Gasteiger partial charge in [-0.15, -0.1) is 0 Å². The highest BCUT2D eigenvalue weighted by Gasteiger charge is 2.17. The highest BCUT2D eigenvalue weighted by atomic mass is 35.5. The van der Waals surface area contributed by atoms with Crippen LogP contribution in [0.1, 0.15) is 44.2 Å². The van der Waals surface area contributed by atoms with Gasteiger partial charge in [0.2, 0.25) is 11.2 Å². The second kappa shape index (κ2) is 5.54. The molecule has 0 amide bonds. The number of aromatic nitrogens is 2. The zero-order valence-corrected chi connectivity index (χ0v) is 10.8. The summed E-state index contributed by atoms with van der Waals surface area (Å²) in [4.78, 5) is 8.06. The molecule has 94 valence electrons. The number of ether oxygens (including phenoxy) is 1. The lowest BCUT2D eigenvalue weighted by molar-refractivity contribution is 0.177. The average Bonchev–Trinajstić information content (AvgIpc) is 2.54. The lowest BCUT2D eigenvalue weighted by Gasteiger charge is -2.17. The molecule has 17 heavy (non-hydrogen) atoms. The predicted molar refractivity (Wildman–Crippen MR) is 68.3 cm³/mol. The lowest BCUT2D eigenvalue weighted by atomic mass is 10.1. The zero-order chi connectivity index (χ0) is 12.3. The molecule has 4 nitrogen and oxygen atoms in total. The number of nitrogen functional groups attached to an aromatic ring is 1. The third kappa shape index (κ3) is 3.22. The van der Waals surface area contributed by atoms with Crippen LogP contribution in [0.2, 0.25) is 5.28 Å². The highest BCUT2D eigenvalue weighted by Crippen LogP contribution is 2.27. The van der Waals surface area contributed by atoms with Crippen molar-refractivity contribution in [2.24, 2.45) is 0 Å². The van der Waals surface area contributed by atoms with Gasteiger partial charge in [0.15, 0.2) is 0 Å². The van der Waals surface area contributed by atoms with Crippen LogP contribution >= 0.6 is 11.6 Å². The zero-order valence-electron chi connectivity index (χ0n) is 10.1. The smallest absolute Gasteiger partial charge is 0.242 e. The molecule has 0 bridgehead atoms. The van der Waals surface area contributed by atoms with Crippen LogP contribution in [-0.4, -0.2) is 16.1 Å². The molecular weight excluding hydrogens is 238 g/mol. The fourth-order valence-electron chi connectivity index (χ4n) is 2.13. The number of halogens is 1. The van der Waals surface area contributed by atoms with E-state index in [1.807, 2.05) is 6.92 Å². The van der Waals surface area contributed by atoms with Gasteiger partial charge in [0.1, 0.15) is 11.8 Å². The topological polar surface area (TPSA) is 61.0 Å². The van der Waals surface area contributed by atoms with Gasteiger partial charge in [0.25, 0.3) is 0 Å². The van der Waals surface area contributed by atoms with Gasteiger partial charge in [-0.1, -0.05) is 12.8 Å². The number of hydrogen-bond acceptors (Lipinski definition) is 4. The largest absolute Gasteiger partial charge is 0.473 e. The second-order valence-electron chi connectivity index (χ2n) is 4.53. The molecule has 0 spiro atoms. The first kappa shape index (κ1) is 12.4. The summed E-state index contributed by atoms with van der Waals surface area (Å²) in [6, 6.07) is 0. The summed E-state index contributed by atoms with van der Waals surface area (Å²) in [6.45, 7) is 1.81. The first-order valence-electron chi connectivity index (χ1n) is 6.13. The number of rotatable bonds is 2. The summed E-state index contributed by atoms with van der Waals surface area (Å²) in [6.07, 6.45) is 7.35. The van der Waals surface area contributed by atoms with Crippen molar-refractivity contribution in [3.8, 4) is 5.88 Å². The number of hydrogen-bond donors (Lipinski definition) is 1. The van der Waals surface area contributed by atoms with Gasteiger partial charge >= 0.3 is 0 Å². The average molecular weight is 256 g/mol. The fraction of sp³-hybridized carbons (Fsp3) is 0.667. The monoisotopic (exact) mass is 255 g/mol. The Labute approximate surface area is 107 Å². The molecule has 0 aromatic carbocycles. The maximum absolute atomic E-state index is 5.90. The van der Waals surface area contributed by atoms with Crippen molar-refractivity contribution in [3.63, 3.8) is 0 Å². The second-order valence-corrected chi connectivity index (χ2v) is 4.87. The first-order valence-corrected chi connectivity index (χ1v) is 6.51. The minimum absolute atomic E-state index is 0.195. The Morgan fingerprint density at radius 2 is 1.82 bits per heavy atom. The minimum Gasteiger partial charge on any atom is -0.473 e. The molecule has 1 saturated carbocycles. The number of nitrogens with zero attached hydrogens (tertiary/aromatic N) is 2. The molecule has 1 aromatic rings. The number of anilines is 1. The van der Waals surface area contributed by atoms with Crippen molar-refractivity contribution in [3.05, 3.63) is 11.0 Å². The van der Waals surface area contributed by atoms with Crippen molar-refractivity contribution in [1.29, 1.82) is 0 Å². The van der Waals surface area contributed by atoms with Gasteiger partial charge in [-0.2, -0.15) is 4.98 Å². The molecule has 1 aromatic heterocycles. The van der Waals surface area contributed by atoms with Gasteiger partial charge in [-0.25, -0.2) is 4.98 Å². The van der Waals surface area contributed by atoms with Crippen LogP contribution in [0.25, 0.3) is 0 Å². The summed E-state index contributed by atoms with van der Waals surface area (Å²) >= 11 is 5.81. The van der Waals surface area contributed by atoms with E-state index in [2.05, 4.69) is 9.97 Å². The number of nitrogens with two attached hydrogens (primary N) is 1. The SMILES string of the molecule is Cc1nc(Cl)nc(OC2CCCCCC2)c1N. The maximum atomic E-state index is 5.90. The summed E-state index contributed by atoms with van der Waals surface area (Å²) in [5.74, 6) is 0.439. The Balaban J connectivity index is 2.11. The Bertz CT molecular complexity index is 390. The van der Waals surface area contributed by atoms with Gasteiger partial charge < -0.3 is 10.5 Å². The molecule has 0 unspecified atom stereocenters. The molecule has 0 atom stereocenters. The molecule has 2 rings (SSSR count). The van der Waals surface area contributed by atoms with Gasteiger partial charge in [0, 0.05) is 0 Å². The quantitative estimate of drug-likeness (QED) is 0.652. The van der Waals surface area contributed by atoms with E-state index in [1.165, 1.54) is 25.7 Å². The molecule has 5 heteroatoms. The lowest BCUT2D eigenvalue weighted by Crippen LogP contribution is -2.17. The van der Waals surface area contributed by atoms with Gasteiger partial charge in [-0.3, -0.25) is 0 Å². The van der Waals surface area contributed by atoms with Crippen LogP contribution in [0, 0.1) is 6.92 Å². The van der Waals surface area contributed by atoms with Crippen LogP contribution in [0.5, 0.6) is 5.88 Å². The van der Waals surface area contributed by atoms with Gasteiger partial charge in [-0.05, 0) is 44.2 Å². The molecule has 1 aliphatic rings. The Morgan fingerprint density at radius 3 is 2.47 bits per heavy atom. The molecular formula is C12H18ClN3O. The Morgan fingerprint density at radius 1 is 1.18 bits per heavy atom. The van der Waals surface area contributed by atoms with E-state index >= 15 is 0 Å². The van der Waals surface area contributed by atoms with Crippen molar-refractivity contribution < 1.29 is 4.74 Å². The molecule has 0 radical (unpaired) electrons. The van der Waals surface area contributed by atoms with Crippen molar-refractivity contribution >= 4 is 17.3 Å². The molecule has 0 aliphatic heterocycles. The van der Waals surface area contributed by atoms with Crippen molar-refractivity contribution in [1.82, 2.24) is 9.97 Å². The van der Waals surface area contributed by atoms with E-state index in [0.717, 1.165) is 12.8 Å². The molecule has 1 fully saturated rings. The van der Waals surface area contributed by atoms with Gasteiger partial charge in [0.05, 0.1) is 5.69 Å². The van der Waals surface area contributed by atoms with E-state index in [1.54, 1.807) is 0 Å². The molecule has 2 N–H and O–H groups in total. The number of aryl methyl sites for hydroxylation is 1. The van der Waals surface area contributed by atoms with Crippen LogP contribution in [0.3, 0.4) is 0 Å². The van der Waals surface area contributed by atoms with Crippen molar-refractivity contribution in [2.45, 2.75) is 51.6 Å². The first-order chi connectivity index (χ1) is 8.16. The maximum Gasteiger partial charge on any atom is 0.242 e. The minimum atomic E-state index is 0.195. The van der Waals surface area contributed by atoms with Crippen LogP contribution in [0.15, 0.2) is 0 Å². The normalized spacial score (nSPS) is 17.8. The van der Waals surface area contributed by atoms with Crippen LogP contribution < -0.4 is 10.5 Å². The standard InChI is InChI=1S/C12H18ClN3O/c1-8-10(14)11(16-12(13)15-8)17-9-6-4-2-3-5-7-9/h9H,2-7,14H2,1H3. The van der Waals surface area contributed by atoms with E-state index in [9.17, 15) is 0 Å². The molecule has 1 aliphatic carbocycles. The summed E-state index contributed by atoms with van der Waals surface area (Å²) in [5, 5.41) is 0.195. The fourth-order valence-corrected chi connectivity index (χ4v) is 2.33. The van der Waals surface area contributed by atoms with Crippen LogP contribution in [-0.2, 0) is 0 Å². The van der Waals surface area contributed by atoms with Crippen LogP contribution in [0.4, 0.5) is 5.69 Å². The Hall–Kier alpha value is -1.03. The van der Waals surface area contributed by atoms with Crippen molar-refractivity contribution in [2.75, 3.05) is 5.73 Å². The summed E-state index contributed by atoms with van der Waals surface area (Å²) in [7, 11) is 0. The summed E-state index contributed by atoms with van der Waals surface area (Å²) < 4.78 is 5.87. The van der Waals surface area contributed by atoms with E-state index in [0.29, 0.717) is 17.3 Å².